The van der Waals surface area contributed by atoms with Crippen molar-refractivity contribution in [2.45, 2.75) is 6.92 Å². The number of nitrogens with zero attached hydrogens (tertiary/aromatic N) is 2. The average Bonchev–Trinajstić information content (AvgIpc) is 2.59. The molecule has 3 rings (SSSR count). The molecule has 1 amide bonds. The molecule has 0 saturated heterocycles. The highest BCUT2D eigenvalue weighted by molar-refractivity contribution is 6.07. The first-order chi connectivity index (χ1) is 11.6. The van der Waals surface area contributed by atoms with E-state index in [0.717, 1.165) is 11.0 Å². The Balaban J connectivity index is 1.80. The first kappa shape index (κ1) is 15.6. The van der Waals surface area contributed by atoms with Gasteiger partial charge < -0.3 is 5.32 Å². The minimum atomic E-state index is -0.179. The summed E-state index contributed by atoms with van der Waals surface area (Å²) in [5, 5.41) is 2.66. The largest absolute Gasteiger partial charge is 0.326 e. The zero-order valence-electron chi connectivity index (χ0n) is 13.1. The van der Waals surface area contributed by atoms with Crippen LogP contribution in [0.25, 0.3) is 17.1 Å². The quantitative estimate of drug-likeness (QED) is 0.590. The van der Waals surface area contributed by atoms with Crippen molar-refractivity contribution in [1.82, 2.24) is 9.97 Å². The summed E-state index contributed by atoms with van der Waals surface area (Å²) in [7, 11) is 0. The Kier molecular flexibility index (Phi) is 4.43. The molecule has 118 valence electrons. The number of benzene rings is 2. The minimum Gasteiger partial charge on any atom is -0.326 e. The summed E-state index contributed by atoms with van der Waals surface area (Å²) in [6.07, 6.45) is 4.71. The number of carbonyl (C=O) groups excluding carboxylic acids is 2. The van der Waals surface area contributed by atoms with Gasteiger partial charge in [-0.2, -0.15) is 0 Å². The van der Waals surface area contributed by atoms with E-state index in [1.54, 1.807) is 36.5 Å². The summed E-state index contributed by atoms with van der Waals surface area (Å²) in [6.45, 7) is 1.42. The fourth-order valence-electron chi connectivity index (χ4n) is 2.26. The Morgan fingerprint density at radius 2 is 1.83 bits per heavy atom. The molecule has 2 aromatic carbocycles. The molecule has 5 heteroatoms. The van der Waals surface area contributed by atoms with Crippen LogP contribution >= 0.6 is 0 Å². The molecule has 0 bridgehead atoms. The third kappa shape index (κ3) is 3.70. The number of anilines is 1. The minimum absolute atomic E-state index is 0.169. The van der Waals surface area contributed by atoms with Crippen LogP contribution in [0.5, 0.6) is 0 Å². The Morgan fingerprint density at radius 1 is 1.04 bits per heavy atom. The van der Waals surface area contributed by atoms with Gasteiger partial charge in [0.15, 0.2) is 5.78 Å². The second kappa shape index (κ2) is 6.83. The molecule has 0 fully saturated rings. The molecule has 1 aromatic heterocycles. The lowest BCUT2D eigenvalue weighted by Gasteiger charge is -2.03. The highest BCUT2D eigenvalue weighted by atomic mass is 16.1. The van der Waals surface area contributed by atoms with Crippen molar-refractivity contribution < 1.29 is 9.59 Å². The number of hydrogen-bond acceptors (Lipinski definition) is 4. The number of carbonyl (C=O) groups is 2. The van der Waals surface area contributed by atoms with Crippen molar-refractivity contribution in [3.05, 3.63) is 72.1 Å². The van der Waals surface area contributed by atoms with Crippen LogP contribution in [-0.4, -0.2) is 21.7 Å². The molecule has 0 saturated carbocycles. The summed E-state index contributed by atoms with van der Waals surface area (Å²) < 4.78 is 0. The number of hydrogen-bond donors (Lipinski definition) is 1. The predicted octanol–water partition coefficient (Wildman–Crippen LogP) is 3.48. The lowest BCUT2D eigenvalue weighted by molar-refractivity contribution is -0.114. The lowest BCUT2D eigenvalue weighted by Crippen LogP contribution is -2.06. The highest BCUT2D eigenvalue weighted by Gasteiger charge is 2.04. The highest BCUT2D eigenvalue weighted by Crippen LogP contribution is 2.13. The average molecular weight is 317 g/mol. The Hall–Kier alpha value is -3.34. The molecule has 0 aliphatic carbocycles. The van der Waals surface area contributed by atoms with Crippen molar-refractivity contribution in [1.29, 1.82) is 0 Å². The number of aromatic nitrogens is 2. The Bertz CT molecular complexity index is 948. The molecular weight excluding hydrogens is 302 g/mol. The molecule has 0 atom stereocenters. The number of amides is 1. The molecule has 24 heavy (non-hydrogen) atoms. The van der Waals surface area contributed by atoms with Crippen LogP contribution in [-0.2, 0) is 4.79 Å². The van der Waals surface area contributed by atoms with Crippen molar-refractivity contribution in [2.75, 3.05) is 5.32 Å². The van der Waals surface area contributed by atoms with Crippen molar-refractivity contribution in [2.24, 2.45) is 0 Å². The first-order valence-electron chi connectivity index (χ1n) is 7.44. The van der Waals surface area contributed by atoms with E-state index in [4.69, 9.17) is 0 Å². The van der Waals surface area contributed by atoms with Crippen molar-refractivity contribution >= 4 is 34.5 Å². The number of fused-ring (bicyclic) bond motifs is 1. The Morgan fingerprint density at radius 3 is 2.62 bits per heavy atom. The van der Waals surface area contributed by atoms with E-state index < -0.39 is 0 Å². The first-order valence-corrected chi connectivity index (χ1v) is 7.44. The number of para-hydroxylation sites is 2. The molecule has 5 nitrogen and oxygen atoms in total. The summed E-state index contributed by atoms with van der Waals surface area (Å²) in [5.74, 6) is -0.348. The van der Waals surface area contributed by atoms with Gasteiger partial charge in [0.05, 0.1) is 22.9 Å². The van der Waals surface area contributed by atoms with E-state index in [9.17, 15) is 9.59 Å². The maximum absolute atomic E-state index is 12.3. The number of nitrogens with one attached hydrogen (secondary N) is 1. The molecular formula is C19H15N3O2. The van der Waals surface area contributed by atoms with E-state index in [2.05, 4.69) is 15.3 Å². The fourth-order valence-corrected chi connectivity index (χ4v) is 2.26. The molecule has 0 unspecified atom stereocenters. The van der Waals surface area contributed by atoms with Gasteiger partial charge in [-0.1, -0.05) is 24.3 Å². The van der Waals surface area contributed by atoms with Crippen molar-refractivity contribution in [3.63, 3.8) is 0 Å². The van der Waals surface area contributed by atoms with Crippen LogP contribution in [0.3, 0.4) is 0 Å². The summed E-state index contributed by atoms with van der Waals surface area (Å²) in [5.41, 5.74) is 3.28. The molecule has 0 spiro atoms. The Labute approximate surface area is 139 Å². The SMILES string of the molecule is CC(=O)Nc1cccc(C(=O)/C=C/c2cnc3ccccc3n2)c1. The van der Waals surface area contributed by atoms with E-state index in [1.807, 2.05) is 24.3 Å². The molecule has 0 aliphatic rings. The third-order valence-corrected chi connectivity index (χ3v) is 3.34. The second-order valence-corrected chi connectivity index (χ2v) is 5.24. The van der Waals surface area contributed by atoms with Gasteiger partial charge in [0.2, 0.25) is 5.91 Å². The summed E-state index contributed by atoms with van der Waals surface area (Å²) in [4.78, 5) is 32.1. The van der Waals surface area contributed by atoms with Crippen LogP contribution in [0, 0.1) is 0 Å². The smallest absolute Gasteiger partial charge is 0.221 e. The van der Waals surface area contributed by atoms with E-state index in [-0.39, 0.29) is 11.7 Å². The van der Waals surface area contributed by atoms with Gasteiger partial charge in [0.25, 0.3) is 0 Å². The predicted molar refractivity (Wildman–Crippen MR) is 93.6 cm³/mol. The van der Waals surface area contributed by atoms with Crippen molar-refractivity contribution in [3.8, 4) is 0 Å². The van der Waals surface area contributed by atoms with Crippen LogP contribution in [0.4, 0.5) is 5.69 Å². The van der Waals surface area contributed by atoms with Gasteiger partial charge in [-0.25, -0.2) is 4.98 Å². The zero-order valence-corrected chi connectivity index (χ0v) is 13.1. The van der Waals surface area contributed by atoms with Gasteiger partial charge >= 0.3 is 0 Å². The van der Waals surface area contributed by atoms with Gasteiger partial charge in [0.1, 0.15) is 0 Å². The van der Waals surface area contributed by atoms with Crippen LogP contribution in [0.2, 0.25) is 0 Å². The lowest BCUT2D eigenvalue weighted by atomic mass is 10.1. The molecule has 1 N–H and O–H groups in total. The molecule has 1 heterocycles. The second-order valence-electron chi connectivity index (χ2n) is 5.24. The monoisotopic (exact) mass is 317 g/mol. The van der Waals surface area contributed by atoms with Gasteiger partial charge in [-0.05, 0) is 36.4 Å². The van der Waals surface area contributed by atoms with Gasteiger partial charge in [-0.3, -0.25) is 14.6 Å². The number of allylic oxidation sites excluding steroid dienone is 1. The van der Waals surface area contributed by atoms with Gasteiger partial charge in [-0.15, -0.1) is 0 Å². The van der Waals surface area contributed by atoms with Crippen LogP contribution < -0.4 is 5.32 Å². The van der Waals surface area contributed by atoms with E-state index in [1.165, 1.54) is 13.0 Å². The van der Waals surface area contributed by atoms with Crippen LogP contribution in [0.1, 0.15) is 23.0 Å². The normalized spacial score (nSPS) is 10.9. The topological polar surface area (TPSA) is 72.0 Å². The van der Waals surface area contributed by atoms with Crippen LogP contribution in [0.15, 0.2) is 60.8 Å². The van der Waals surface area contributed by atoms with Gasteiger partial charge in [0, 0.05) is 18.2 Å². The zero-order chi connectivity index (χ0) is 16.9. The van der Waals surface area contributed by atoms with E-state index >= 15 is 0 Å². The standard InChI is InChI=1S/C19H15N3O2/c1-13(23)21-15-6-4-5-14(11-15)19(24)10-9-16-12-20-17-7-2-3-8-18(17)22-16/h2-12H,1H3,(H,21,23)/b10-9+. The third-order valence-electron chi connectivity index (χ3n) is 3.34. The molecule has 0 radical (unpaired) electrons. The maximum Gasteiger partial charge on any atom is 0.221 e. The fraction of sp³-hybridized carbons (Fsp3) is 0.0526. The van der Waals surface area contributed by atoms with E-state index in [0.29, 0.717) is 16.9 Å². The number of ketones is 1. The number of rotatable bonds is 4. The molecule has 0 aliphatic heterocycles. The summed E-state index contributed by atoms with van der Waals surface area (Å²) in [6, 6.07) is 14.3. The molecule has 3 aromatic rings. The maximum atomic E-state index is 12.3. The summed E-state index contributed by atoms with van der Waals surface area (Å²) >= 11 is 0.